The van der Waals surface area contributed by atoms with E-state index in [1.54, 1.807) is 4.68 Å². The number of nitrogens with one attached hydrogen (secondary N) is 2. The molecule has 0 unspecified atom stereocenters. The van der Waals surface area contributed by atoms with Crippen molar-refractivity contribution < 1.29 is 9.53 Å². The Balaban J connectivity index is 1.88. The first-order valence-corrected chi connectivity index (χ1v) is 7.33. The number of rotatable bonds is 4. The zero-order valence-electron chi connectivity index (χ0n) is 13.8. The zero-order valence-corrected chi connectivity index (χ0v) is 13.8. The Morgan fingerprint density at radius 2 is 2.14 bits per heavy atom. The number of hydrogen-bond acceptors (Lipinski definition) is 4. The lowest BCUT2D eigenvalue weighted by molar-refractivity contribution is -0.115. The molecule has 1 saturated heterocycles. The smallest absolute Gasteiger partial charge is 0.239 e. The lowest BCUT2D eigenvalue weighted by Gasteiger charge is -2.27. The van der Waals surface area contributed by atoms with Crippen LogP contribution in [0, 0.1) is 6.92 Å². The third kappa shape index (κ3) is 3.83. The van der Waals surface area contributed by atoms with Gasteiger partial charge in [0, 0.05) is 19.2 Å². The SMILES string of the molecule is Cc1cc(NC(=O)CN[C@H]2CC(C)(C)OC2(C)C)n(C)n1. The molecule has 1 aromatic heterocycles. The van der Waals surface area contributed by atoms with Crippen LogP contribution < -0.4 is 10.6 Å². The molecule has 0 radical (unpaired) electrons. The average Bonchev–Trinajstić information content (AvgIpc) is 2.71. The minimum absolute atomic E-state index is 0.0708. The van der Waals surface area contributed by atoms with E-state index in [0.717, 1.165) is 12.1 Å². The van der Waals surface area contributed by atoms with Crippen LogP contribution in [-0.2, 0) is 16.6 Å². The maximum absolute atomic E-state index is 12.0. The van der Waals surface area contributed by atoms with E-state index in [9.17, 15) is 4.79 Å². The monoisotopic (exact) mass is 294 g/mol. The summed E-state index contributed by atoms with van der Waals surface area (Å²) in [6.07, 6.45) is 0.887. The van der Waals surface area contributed by atoms with Gasteiger partial charge in [0.15, 0.2) is 0 Å². The largest absolute Gasteiger partial charge is 0.368 e. The minimum Gasteiger partial charge on any atom is -0.368 e. The Bertz CT molecular complexity index is 534. The summed E-state index contributed by atoms with van der Waals surface area (Å²) in [5.41, 5.74) is 0.455. The first-order valence-electron chi connectivity index (χ1n) is 7.33. The van der Waals surface area contributed by atoms with Gasteiger partial charge in [0.25, 0.3) is 0 Å². The van der Waals surface area contributed by atoms with Crippen LogP contribution in [0.4, 0.5) is 5.82 Å². The lowest BCUT2D eigenvalue weighted by Crippen LogP contribution is -2.46. The van der Waals surface area contributed by atoms with Crippen LogP contribution in [0.2, 0.25) is 0 Å². The van der Waals surface area contributed by atoms with Crippen molar-refractivity contribution in [1.29, 1.82) is 0 Å². The molecule has 0 aromatic carbocycles. The number of carbonyl (C=O) groups excluding carboxylic acids is 1. The number of nitrogens with zero attached hydrogens (tertiary/aromatic N) is 2. The molecule has 1 fully saturated rings. The van der Waals surface area contributed by atoms with Crippen LogP contribution in [-0.4, -0.2) is 39.5 Å². The fourth-order valence-electron chi connectivity index (χ4n) is 3.01. The average molecular weight is 294 g/mol. The van der Waals surface area contributed by atoms with Crippen molar-refractivity contribution in [1.82, 2.24) is 15.1 Å². The summed E-state index contributed by atoms with van der Waals surface area (Å²) in [6, 6.07) is 2.01. The van der Waals surface area contributed by atoms with Crippen molar-refractivity contribution in [3.63, 3.8) is 0 Å². The molecule has 0 spiro atoms. The van der Waals surface area contributed by atoms with Gasteiger partial charge < -0.3 is 15.4 Å². The highest BCUT2D eigenvalue weighted by molar-refractivity contribution is 5.91. The number of amides is 1. The van der Waals surface area contributed by atoms with Gasteiger partial charge in [-0.3, -0.25) is 9.48 Å². The van der Waals surface area contributed by atoms with Crippen molar-refractivity contribution in [2.45, 2.75) is 58.3 Å². The molecule has 118 valence electrons. The Morgan fingerprint density at radius 3 is 2.62 bits per heavy atom. The van der Waals surface area contributed by atoms with Crippen LogP contribution in [0.1, 0.15) is 39.8 Å². The third-order valence-electron chi connectivity index (χ3n) is 3.85. The Morgan fingerprint density at radius 1 is 1.48 bits per heavy atom. The molecule has 0 saturated carbocycles. The summed E-state index contributed by atoms with van der Waals surface area (Å²) in [5.74, 6) is 0.639. The van der Waals surface area contributed by atoms with Crippen LogP contribution in [0.3, 0.4) is 0 Å². The highest BCUT2D eigenvalue weighted by Crippen LogP contribution is 2.37. The van der Waals surface area contributed by atoms with Crippen molar-refractivity contribution >= 4 is 11.7 Å². The zero-order chi connectivity index (χ0) is 15.8. The first kappa shape index (κ1) is 16.0. The molecular formula is C15H26N4O2. The Labute approximate surface area is 126 Å². The molecule has 1 aliphatic rings. The van der Waals surface area contributed by atoms with Crippen LogP contribution >= 0.6 is 0 Å². The molecule has 6 heteroatoms. The van der Waals surface area contributed by atoms with Gasteiger partial charge in [-0.2, -0.15) is 5.10 Å². The molecule has 6 nitrogen and oxygen atoms in total. The molecule has 1 atom stereocenters. The van der Waals surface area contributed by atoms with E-state index in [-0.39, 0.29) is 29.7 Å². The van der Waals surface area contributed by atoms with Gasteiger partial charge in [-0.05, 0) is 41.0 Å². The summed E-state index contributed by atoms with van der Waals surface area (Å²) in [6.45, 7) is 10.4. The fraction of sp³-hybridized carbons (Fsp3) is 0.733. The molecule has 21 heavy (non-hydrogen) atoms. The minimum atomic E-state index is -0.271. The van der Waals surface area contributed by atoms with Gasteiger partial charge in [0.1, 0.15) is 5.82 Å². The quantitative estimate of drug-likeness (QED) is 0.885. The highest BCUT2D eigenvalue weighted by Gasteiger charge is 2.45. The second-order valence-corrected chi connectivity index (χ2v) is 6.95. The third-order valence-corrected chi connectivity index (χ3v) is 3.85. The summed E-state index contributed by atoms with van der Waals surface area (Å²) in [4.78, 5) is 12.0. The molecule has 0 aliphatic carbocycles. The molecular weight excluding hydrogens is 268 g/mol. The van der Waals surface area contributed by atoms with Crippen LogP contribution in [0.5, 0.6) is 0 Å². The van der Waals surface area contributed by atoms with E-state index in [1.807, 2.05) is 20.0 Å². The van der Waals surface area contributed by atoms with E-state index in [0.29, 0.717) is 5.82 Å². The van der Waals surface area contributed by atoms with E-state index in [2.05, 4.69) is 43.4 Å². The molecule has 2 rings (SSSR count). The van der Waals surface area contributed by atoms with Crippen LogP contribution in [0.15, 0.2) is 6.07 Å². The molecule has 0 bridgehead atoms. The lowest BCUT2D eigenvalue weighted by atomic mass is 9.94. The predicted octanol–water partition coefficient (Wildman–Crippen LogP) is 1.60. The van der Waals surface area contributed by atoms with Crippen molar-refractivity contribution in [3.05, 3.63) is 11.8 Å². The summed E-state index contributed by atoms with van der Waals surface area (Å²) in [7, 11) is 1.81. The first-order chi connectivity index (χ1) is 9.59. The number of carbonyl (C=O) groups is 1. The van der Waals surface area contributed by atoms with Gasteiger partial charge >= 0.3 is 0 Å². The predicted molar refractivity (Wildman–Crippen MR) is 82.2 cm³/mol. The van der Waals surface area contributed by atoms with E-state index in [4.69, 9.17) is 4.74 Å². The van der Waals surface area contributed by atoms with Gasteiger partial charge in [-0.15, -0.1) is 0 Å². The van der Waals surface area contributed by atoms with E-state index < -0.39 is 0 Å². The number of hydrogen-bond donors (Lipinski definition) is 2. The van der Waals surface area contributed by atoms with E-state index >= 15 is 0 Å². The standard InChI is InChI=1S/C15H26N4O2/c1-10-7-12(19(6)18-10)17-13(20)9-16-11-8-14(2,3)21-15(11,4)5/h7,11,16H,8-9H2,1-6H3,(H,17,20)/t11-/m0/s1. The highest BCUT2D eigenvalue weighted by atomic mass is 16.5. The summed E-state index contributed by atoms with van der Waals surface area (Å²) < 4.78 is 7.68. The van der Waals surface area contributed by atoms with Gasteiger partial charge in [0.05, 0.1) is 23.4 Å². The Hall–Kier alpha value is -1.40. The molecule has 2 N–H and O–H groups in total. The van der Waals surface area contributed by atoms with E-state index in [1.165, 1.54) is 0 Å². The van der Waals surface area contributed by atoms with Crippen molar-refractivity contribution in [3.8, 4) is 0 Å². The maximum Gasteiger partial charge on any atom is 0.239 e. The summed E-state index contributed by atoms with van der Waals surface area (Å²) >= 11 is 0. The molecule has 1 amide bonds. The van der Waals surface area contributed by atoms with Crippen molar-refractivity contribution in [2.75, 3.05) is 11.9 Å². The number of anilines is 1. The number of ether oxygens (including phenoxy) is 1. The Kier molecular flexibility index (Phi) is 4.13. The summed E-state index contributed by atoms with van der Waals surface area (Å²) in [5, 5.41) is 10.4. The van der Waals surface area contributed by atoms with Crippen molar-refractivity contribution in [2.24, 2.45) is 7.05 Å². The second kappa shape index (κ2) is 5.42. The fourth-order valence-corrected chi connectivity index (χ4v) is 3.01. The molecule has 1 aromatic rings. The van der Waals surface area contributed by atoms with Crippen LogP contribution in [0.25, 0.3) is 0 Å². The topological polar surface area (TPSA) is 68.2 Å². The molecule has 2 heterocycles. The maximum atomic E-state index is 12.0. The van der Waals surface area contributed by atoms with Gasteiger partial charge in [-0.1, -0.05) is 0 Å². The second-order valence-electron chi connectivity index (χ2n) is 6.95. The number of aromatic nitrogens is 2. The number of aryl methyl sites for hydroxylation is 2. The van der Waals surface area contributed by atoms with Gasteiger partial charge in [0.2, 0.25) is 5.91 Å². The van der Waals surface area contributed by atoms with Gasteiger partial charge in [-0.25, -0.2) is 0 Å². The molecule has 1 aliphatic heterocycles. The normalized spacial score (nSPS) is 23.2.